The van der Waals surface area contributed by atoms with E-state index in [0.717, 1.165) is 18.8 Å². The van der Waals surface area contributed by atoms with Gasteiger partial charge in [0.15, 0.2) is 0 Å². The molecule has 3 heterocycles. The zero-order chi connectivity index (χ0) is 16.8. The molecular weight excluding hydrogens is 296 g/mol. The van der Waals surface area contributed by atoms with Gasteiger partial charge in [0, 0.05) is 44.8 Å². The molecule has 0 amide bonds. The van der Waals surface area contributed by atoms with E-state index in [1.54, 1.807) is 0 Å². The summed E-state index contributed by atoms with van der Waals surface area (Å²) in [6, 6.07) is 11.2. The van der Waals surface area contributed by atoms with Crippen LogP contribution in [-0.2, 0) is 13.0 Å². The lowest BCUT2D eigenvalue weighted by atomic mass is 9.96. The van der Waals surface area contributed by atoms with Crippen LogP contribution >= 0.6 is 0 Å². The van der Waals surface area contributed by atoms with Crippen LogP contribution in [0.4, 0.5) is 5.82 Å². The first-order chi connectivity index (χ1) is 11.7. The molecule has 1 aliphatic rings. The Labute approximate surface area is 145 Å². The second kappa shape index (κ2) is 8.25. The van der Waals surface area contributed by atoms with Crippen molar-refractivity contribution in [2.45, 2.75) is 44.7 Å². The first-order valence-corrected chi connectivity index (χ1v) is 8.98. The lowest BCUT2D eigenvalue weighted by Crippen LogP contribution is -2.39. The summed E-state index contributed by atoms with van der Waals surface area (Å²) < 4.78 is 0. The van der Waals surface area contributed by atoms with Gasteiger partial charge in [-0.25, -0.2) is 4.98 Å². The van der Waals surface area contributed by atoms with Crippen molar-refractivity contribution >= 4 is 5.82 Å². The SMILES string of the molecule is CN(C)c1ccc(CN2CCCC[C@H]2CCc2ccccn2)cn1. The Morgan fingerprint density at radius 2 is 2.04 bits per heavy atom. The van der Waals surface area contributed by atoms with Crippen LogP contribution in [0.3, 0.4) is 0 Å². The minimum Gasteiger partial charge on any atom is -0.363 e. The summed E-state index contributed by atoms with van der Waals surface area (Å²) in [5, 5.41) is 0. The van der Waals surface area contributed by atoms with Crippen molar-refractivity contribution in [3.05, 3.63) is 54.0 Å². The van der Waals surface area contributed by atoms with E-state index in [4.69, 9.17) is 0 Å². The predicted molar refractivity (Wildman–Crippen MR) is 99.2 cm³/mol. The number of piperidine rings is 1. The van der Waals surface area contributed by atoms with E-state index >= 15 is 0 Å². The van der Waals surface area contributed by atoms with Crippen LogP contribution in [-0.4, -0.2) is 41.5 Å². The van der Waals surface area contributed by atoms with Gasteiger partial charge in [0.2, 0.25) is 0 Å². The maximum Gasteiger partial charge on any atom is 0.127 e. The molecule has 1 saturated heterocycles. The average Bonchev–Trinajstić information content (AvgIpc) is 2.62. The van der Waals surface area contributed by atoms with Crippen molar-refractivity contribution in [2.24, 2.45) is 0 Å². The van der Waals surface area contributed by atoms with Crippen LogP contribution in [0.5, 0.6) is 0 Å². The van der Waals surface area contributed by atoms with E-state index in [9.17, 15) is 0 Å². The maximum absolute atomic E-state index is 4.55. The zero-order valence-corrected chi connectivity index (χ0v) is 14.9. The van der Waals surface area contributed by atoms with E-state index in [1.807, 2.05) is 37.5 Å². The Morgan fingerprint density at radius 3 is 2.75 bits per heavy atom. The lowest BCUT2D eigenvalue weighted by molar-refractivity contribution is 0.132. The Hall–Kier alpha value is -1.94. The third-order valence-corrected chi connectivity index (χ3v) is 4.86. The third-order valence-electron chi connectivity index (χ3n) is 4.86. The van der Waals surface area contributed by atoms with E-state index in [-0.39, 0.29) is 0 Å². The number of hydrogen-bond acceptors (Lipinski definition) is 4. The Kier molecular flexibility index (Phi) is 5.81. The molecule has 1 atom stereocenters. The Bertz CT molecular complexity index is 609. The van der Waals surface area contributed by atoms with Gasteiger partial charge in [0.05, 0.1) is 0 Å². The molecule has 4 nitrogen and oxygen atoms in total. The molecule has 2 aromatic heterocycles. The van der Waals surface area contributed by atoms with Crippen LogP contribution in [0.2, 0.25) is 0 Å². The fraction of sp³-hybridized carbons (Fsp3) is 0.500. The first kappa shape index (κ1) is 16.9. The number of likely N-dealkylation sites (tertiary alicyclic amines) is 1. The van der Waals surface area contributed by atoms with Crippen LogP contribution in [0.25, 0.3) is 0 Å². The monoisotopic (exact) mass is 324 g/mol. The highest BCUT2D eigenvalue weighted by Crippen LogP contribution is 2.23. The van der Waals surface area contributed by atoms with Gasteiger partial charge in [0.1, 0.15) is 5.82 Å². The molecule has 0 aliphatic carbocycles. The molecule has 0 spiro atoms. The standard InChI is InChI=1S/C20H28N4/c1-23(2)20-12-9-17(15-22-20)16-24-14-6-4-8-19(24)11-10-18-7-3-5-13-21-18/h3,5,7,9,12-13,15,19H,4,6,8,10-11,14,16H2,1-2H3/t19-/m0/s1. The van der Waals surface area contributed by atoms with Gasteiger partial charge < -0.3 is 4.90 Å². The maximum atomic E-state index is 4.55. The summed E-state index contributed by atoms with van der Waals surface area (Å²) in [5.41, 5.74) is 2.52. The summed E-state index contributed by atoms with van der Waals surface area (Å²) in [6.45, 7) is 2.20. The first-order valence-electron chi connectivity index (χ1n) is 8.98. The topological polar surface area (TPSA) is 32.3 Å². The molecule has 128 valence electrons. The van der Waals surface area contributed by atoms with Crippen molar-refractivity contribution in [3.8, 4) is 0 Å². The van der Waals surface area contributed by atoms with E-state index in [0.29, 0.717) is 6.04 Å². The largest absolute Gasteiger partial charge is 0.363 e. The summed E-state index contributed by atoms with van der Waals surface area (Å²) in [5.74, 6) is 1.02. The summed E-state index contributed by atoms with van der Waals surface area (Å²) >= 11 is 0. The number of anilines is 1. The minimum absolute atomic E-state index is 0.661. The molecule has 0 N–H and O–H groups in total. The van der Waals surface area contributed by atoms with Crippen molar-refractivity contribution in [1.29, 1.82) is 0 Å². The molecule has 1 fully saturated rings. The molecule has 0 unspecified atom stereocenters. The molecule has 0 bridgehead atoms. The van der Waals surface area contributed by atoms with E-state index in [1.165, 1.54) is 43.5 Å². The van der Waals surface area contributed by atoms with Gasteiger partial charge in [-0.15, -0.1) is 0 Å². The van der Waals surface area contributed by atoms with Crippen molar-refractivity contribution in [3.63, 3.8) is 0 Å². The molecule has 0 radical (unpaired) electrons. The number of hydrogen-bond donors (Lipinski definition) is 0. The van der Waals surface area contributed by atoms with Gasteiger partial charge >= 0.3 is 0 Å². The molecule has 1 aliphatic heterocycles. The van der Waals surface area contributed by atoms with Gasteiger partial charge in [-0.2, -0.15) is 0 Å². The molecule has 2 aromatic rings. The normalized spacial score (nSPS) is 18.5. The number of pyridine rings is 2. The Balaban J connectivity index is 1.59. The average molecular weight is 324 g/mol. The summed E-state index contributed by atoms with van der Waals surface area (Å²) in [6.07, 6.45) is 10.1. The lowest BCUT2D eigenvalue weighted by Gasteiger charge is -2.36. The highest BCUT2D eigenvalue weighted by Gasteiger charge is 2.22. The molecule has 0 saturated carbocycles. The van der Waals surface area contributed by atoms with Crippen LogP contribution in [0.15, 0.2) is 42.7 Å². The van der Waals surface area contributed by atoms with Gasteiger partial charge in [0.25, 0.3) is 0 Å². The van der Waals surface area contributed by atoms with E-state index < -0.39 is 0 Å². The van der Waals surface area contributed by atoms with Crippen molar-refractivity contribution < 1.29 is 0 Å². The van der Waals surface area contributed by atoms with Gasteiger partial charge in [-0.1, -0.05) is 18.6 Å². The van der Waals surface area contributed by atoms with Crippen LogP contribution in [0, 0.1) is 0 Å². The molecule has 3 rings (SSSR count). The number of nitrogens with zero attached hydrogens (tertiary/aromatic N) is 4. The second-order valence-corrected chi connectivity index (χ2v) is 6.90. The highest BCUT2D eigenvalue weighted by molar-refractivity contribution is 5.37. The van der Waals surface area contributed by atoms with Crippen LogP contribution in [0.1, 0.15) is 36.9 Å². The van der Waals surface area contributed by atoms with Gasteiger partial charge in [-0.3, -0.25) is 9.88 Å². The molecular formula is C20H28N4. The molecule has 4 heteroatoms. The summed E-state index contributed by atoms with van der Waals surface area (Å²) in [4.78, 5) is 13.7. The third kappa shape index (κ3) is 4.54. The number of aromatic nitrogens is 2. The zero-order valence-electron chi connectivity index (χ0n) is 14.9. The quantitative estimate of drug-likeness (QED) is 0.814. The van der Waals surface area contributed by atoms with E-state index in [2.05, 4.69) is 39.1 Å². The van der Waals surface area contributed by atoms with Crippen molar-refractivity contribution in [1.82, 2.24) is 14.9 Å². The minimum atomic E-state index is 0.661. The Morgan fingerprint density at radius 1 is 1.12 bits per heavy atom. The van der Waals surface area contributed by atoms with Crippen LogP contribution < -0.4 is 4.90 Å². The van der Waals surface area contributed by atoms with Crippen molar-refractivity contribution in [2.75, 3.05) is 25.5 Å². The number of aryl methyl sites for hydroxylation is 1. The predicted octanol–water partition coefficient (Wildman–Crippen LogP) is 3.53. The van der Waals surface area contributed by atoms with Gasteiger partial charge in [-0.05, 0) is 56.0 Å². The fourth-order valence-electron chi connectivity index (χ4n) is 3.46. The number of rotatable bonds is 6. The second-order valence-electron chi connectivity index (χ2n) is 6.90. The fourth-order valence-corrected chi connectivity index (χ4v) is 3.46. The summed E-state index contributed by atoms with van der Waals surface area (Å²) in [7, 11) is 4.06. The molecule has 24 heavy (non-hydrogen) atoms. The highest BCUT2D eigenvalue weighted by atomic mass is 15.2. The molecule has 0 aromatic carbocycles. The smallest absolute Gasteiger partial charge is 0.127 e.